The molecule has 1 unspecified atom stereocenters. The topological polar surface area (TPSA) is 57.7 Å². The first-order valence-corrected chi connectivity index (χ1v) is 11.0. The lowest BCUT2D eigenvalue weighted by molar-refractivity contribution is -0.138. The number of morpholine rings is 1. The van der Waals surface area contributed by atoms with Crippen LogP contribution in [0.25, 0.3) is 10.9 Å². The smallest absolute Gasteiger partial charge is 0.365 e. The Bertz CT molecular complexity index is 1040. The van der Waals surface area contributed by atoms with E-state index in [1.165, 1.54) is 12.3 Å². The van der Waals surface area contributed by atoms with Crippen LogP contribution in [0.2, 0.25) is 0 Å². The Balaban J connectivity index is 1.39. The van der Waals surface area contributed by atoms with Crippen molar-refractivity contribution >= 4 is 22.5 Å². The van der Waals surface area contributed by atoms with Gasteiger partial charge < -0.3 is 19.9 Å². The van der Waals surface area contributed by atoms with Crippen LogP contribution < -0.4 is 10.2 Å². The number of ether oxygens (including phenoxy) is 1. The fraction of sp³-hybridized carbons (Fsp3) is 0.565. The predicted octanol–water partition coefficient (Wildman–Crippen LogP) is 3.06. The van der Waals surface area contributed by atoms with Crippen LogP contribution >= 0.6 is 0 Å². The molecule has 0 bridgehead atoms. The summed E-state index contributed by atoms with van der Waals surface area (Å²) in [5.74, 6) is -0.150. The number of nitrogens with zero attached hydrogens (tertiary/aromatic N) is 3. The molecule has 2 aliphatic heterocycles. The standard InChI is InChI=1S/C23H27F3N4O2/c1-14-10-30(17-6-5-16(23(24,25)26)20-15(17)4-3-9-27-20)11-18(32-14)21(31)28-19-12-29(2)13-22(19)7-8-22/h3-6,9,14,18-19H,7-8,10-13H2,1-2H3,(H,28,31)/t14-,18-,19?/m1/s1. The van der Waals surface area contributed by atoms with Crippen LogP contribution in [0, 0.1) is 5.41 Å². The van der Waals surface area contributed by atoms with E-state index in [4.69, 9.17) is 4.74 Å². The number of alkyl halides is 3. The number of anilines is 1. The molecular formula is C23H27F3N4O2. The summed E-state index contributed by atoms with van der Waals surface area (Å²) in [4.78, 5) is 21.3. The van der Waals surface area contributed by atoms with Gasteiger partial charge in [0.2, 0.25) is 0 Å². The molecule has 1 aliphatic carbocycles. The zero-order valence-corrected chi connectivity index (χ0v) is 18.2. The fourth-order valence-corrected chi connectivity index (χ4v) is 5.30. The van der Waals surface area contributed by atoms with Gasteiger partial charge in [0.25, 0.3) is 5.91 Å². The molecule has 9 heteroatoms. The Morgan fingerprint density at radius 3 is 2.72 bits per heavy atom. The molecule has 172 valence electrons. The number of rotatable bonds is 3. The van der Waals surface area contributed by atoms with Crippen LogP contribution in [0.4, 0.5) is 18.9 Å². The van der Waals surface area contributed by atoms with E-state index in [1.54, 1.807) is 12.1 Å². The van der Waals surface area contributed by atoms with Crippen LogP contribution in [-0.4, -0.2) is 67.3 Å². The van der Waals surface area contributed by atoms with E-state index >= 15 is 0 Å². The second-order valence-electron chi connectivity index (χ2n) is 9.49. The SMILES string of the molecule is C[C@@H]1CN(c2ccc(C(F)(F)F)c3ncccc23)C[C@H](C(=O)NC2CN(C)CC23CC3)O1. The van der Waals surface area contributed by atoms with Crippen molar-refractivity contribution in [2.24, 2.45) is 5.41 Å². The second-order valence-corrected chi connectivity index (χ2v) is 9.49. The van der Waals surface area contributed by atoms with Crippen molar-refractivity contribution in [1.29, 1.82) is 0 Å². The fourth-order valence-electron chi connectivity index (χ4n) is 5.30. The molecular weight excluding hydrogens is 421 g/mol. The molecule has 1 N–H and O–H groups in total. The lowest BCUT2D eigenvalue weighted by Gasteiger charge is -2.38. The molecule has 1 amide bonds. The number of halogens is 3. The second kappa shape index (κ2) is 7.59. The lowest BCUT2D eigenvalue weighted by Crippen LogP contribution is -2.55. The molecule has 6 nitrogen and oxygen atoms in total. The molecule has 1 aromatic carbocycles. The molecule has 32 heavy (non-hydrogen) atoms. The van der Waals surface area contributed by atoms with Crippen molar-refractivity contribution in [2.45, 2.75) is 44.2 Å². The summed E-state index contributed by atoms with van der Waals surface area (Å²) in [7, 11) is 2.07. The Kier molecular flexibility index (Phi) is 5.09. The number of aromatic nitrogens is 1. The number of benzene rings is 1. The number of carbonyl (C=O) groups is 1. The number of hydrogen-bond donors (Lipinski definition) is 1. The lowest BCUT2D eigenvalue weighted by atomic mass is 10.0. The van der Waals surface area contributed by atoms with E-state index in [2.05, 4.69) is 22.2 Å². The quantitative estimate of drug-likeness (QED) is 0.782. The van der Waals surface area contributed by atoms with E-state index in [1.807, 2.05) is 11.8 Å². The van der Waals surface area contributed by atoms with E-state index < -0.39 is 17.8 Å². The summed E-state index contributed by atoms with van der Waals surface area (Å²) in [6, 6.07) is 5.94. The Hall–Kier alpha value is -2.39. The number of nitrogens with one attached hydrogen (secondary N) is 1. The highest BCUT2D eigenvalue weighted by molar-refractivity contribution is 5.94. The summed E-state index contributed by atoms with van der Waals surface area (Å²) in [5.41, 5.74) is -0.0113. The van der Waals surface area contributed by atoms with Crippen molar-refractivity contribution in [2.75, 3.05) is 38.1 Å². The number of likely N-dealkylation sites (tertiary alicyclic amines) is 1. The predicted molar refractivity (Wildman–Crippen MR) is 114 cm³/mol. The van der Waals surface area contributed by atoms with Crippen molar-refractivity contribution in [1.82, 2.24) is 15.2 Å². The van der Waals surface area contributed by atoms with Gasteiger partial charge in [-0.3, -0.25) is 9.78 Å². The third-order valence-corrected chi connectivity index (χ3v) is 6.97. The van der Waals surface area contributed by atoms with Gasteiger partial charge in [0.15, 0.2) is 6.10 Å². The number of hydrogen-bond acceptors (Lipinski definition) is 5. The van der Waals surface area contributed by atoms with Crippen LogP contribution in [0.15, 0.2) is 30.5 Å². The van der Waals surface area contributed by atoms with Gasteiger partial charge in [-0.1, -0.05) is 0 Å². The maximum atomic E-state index is 13.5. The minimum atomic E-state index is -4.49. The van der Waals surface area contributed by atoms with Crippen molar-refractivity contribution < 1.29 is 22.7 Å². The zero-order valence-electron chi connectivity index (χ0n) is 18.2. The zero-order chi connectivity index (χ0) is 22.7. The number of fused-ring (bicyclic) bond motifs is 1. The highest BCUT2D eigenvalue weighted by Crippen LogP contribution is 2.52. The third-order valence-electron chi connectivity index (χ3n) is 6.97. The first kappa shape index (κ1) is 21.5. The molecule has 1 spiro atoms. The van der Waals surface area contributed by atoms with Gasteiger partial charge in [-0.15, -0.1) is 0 Å². The average Bonchev–Trinajstić information content (AvgIpc) is 3.44. The third kappa shape index (κ3) is 3.81. The summed E-state index contributed by atoms with van der Waals surface area (Å²) in [6.45, 7) is 4.46. The van der Waals surface area contributed by atoms with Gasteiger partial charge in [-0.05, 0) is 51.1 Å². The normalized spacial score (nSPS) is 27.8. The van der Waals surface area contributed by atoms with Crippen molar-refractivity contribution in [3.05, 3.63) is 36.0 Å². The molecule has 3 aliphatic rings. The Morgan fingerprint density at radius 2 is 2.00 bits per heavy atom. The van der Waals surface area contributed by atoms with E-state index in [-0.39, 0.29) is 35.5 Å². The maximum absolute atomic E-state index is 13.5. The van der Waals surface area contributed by atoms with E-state index in [9.17, 15) is 18.0 Å². The molecule has 0 radical (unpaired) electrons. The Morgan fingerprint density at radius 1 is 1.22 bits per heavy atom. The molecule has 2 aromatic rings. The number of likely N-dealkylation sites (N-methyl/N-ethyl adjacent to an activating group) is 1. The average molecular weight is 448 g/mol. The first-order chi connectivity index (χ1) is 15.2. The van der Waals surface area contributed by atoms with Crippen LogP contribution in [0.5, 0.6) is 0 Å². The van der Waals surface area contributed by atoms with Gasteiger partial charge in [0.05, 0.1) is 23.7 Å². The molecule has 2 saturated heterocycles. The highest BCUT2D eigenvalue weighted by Gasteiger charge is 2.55. The first-order valence-electron chi connectivity index (χ1n) is 11.0. The molecule has 5 rings (SSSR count). The van der Waals surface area contributed by atoms with Gasteiger partial charge in [-0.25, -0.2) is 0 Å². The number of amides is 1. The van der Waals surface area contributed by atoms with E-state index in [0.717, 1.165) is 32.0 Å². The summed E-state index contributed by atoms with van der Waals surface area (Å²) in [6.07, 6.45) is -1.80. The summed E-state index contributed by atoms with van der Waals surface area (Å²) in [5, 5.41) is 3.62. The number of pyridine rings is 1. The minimum absolute atomic E-state index is 0.0812. The van der Waals surface area contributed by atoms with Crippen LogP contribution in [0.1, 0.15) is 25.3 Å². The summed E-state index contributed by atoms with van der Waals surface area (Å²) < 4.78 is 46.4. The Labute approximate surface area is 184 Å². The largest absolute Gasteiger partial charge is 0.418 e. The molecule has 3 heterocycles. The molecule has 1 saturated carbocycles. The highest BCUT2D eigenvalue weighted by atomic mass is 19.4. The van der Waals surface area contributed by atoms with Gasteiger partial charge in [-0.2, -0.15) is 13.2 Å². The van der Waals surface area contributed by atoms with E-state index in [0.29, 0.717) is 17.6 Å². The minimum Gasteiger partial charge on any atom is -0.365 e. The van der Waals surface area contributed by atoms with Crippen molar-refractivity contribution in [3.63, 3.8) is 0 Å². The maximum Gasteiger partial charge on any atom is 0.418 e. The van der Waals surface area contributed by atoms with Gasteiger partial charge in [0.1, 0.15) is 0 Å². The van der Waals surface area contributed by atoms with Gasteiger partial charge >= 0.3 is 6.18 Å². The van der Waals surface area contributed by atoms with Gasteiger partial charge in [0, 0.05) is 48.4 Å². The van der Waals surface area contributed by atoms with Crippen LogP contribution in [0.3, 0.4) is 0 Å². The molecule has 1 aromatic heterocycles. The molecule has 3 atom stereocenters. The number of carbonyl (C=O) groups excluding carboxylic acids is 1. The van der Waals surface area contributed by atoms with Crippen molar-refractivity contribution in [3.8, 4) is 0 Å². The molecule has 3 fully saturated rings. The van der Waals surface area contributed by atoms with Crippen LogP contribution in [-0.2, 0) is 15.7 Å². The monoisotopic (exact) mass is 448 g/mol. The summed E-state index contributed by atoms with van der Waals surface area (Å²) >= 11 is 0.